The number of nitrogens with one attached hydrogen (secondary N) is 1. The third-order valence-corrected chi connectivity index (χ3v) is 3.44. The number of anilines is 1. The summed E-state index contributed by atoms with van der Waals surface area (Å²) < 4.78 is 5.98. The van der Waals surface area contributed by atoms with E-state index in [0.29, 0.717) is 12.1 Å². The minimum absolute atomic E-state index is 0.118. The van der Waals surface area contributed by atoms with Gasteiger partial charge >= 0.3 is 0 Å². The molecule has 0 bridgehead atoms. The van der Waals surface area contributed by atoms with Gasteiger partial charge in [0.1, 0.15) is 5.75 Å². The first-order valence-electron chi connectivity index (χ1n) is 5.91. The van der Waals surface area contributed by atoms with Crippen LogP contribution in [0.25, 0.3) is 0 Å². The van der Waals surface area contributed by atoms with E-state index in [1.165, 1.54) is 6.07 Å². The Bertz CT molecular complexity index is 632. The SMILES string of the molecule is COc1ccc(NCc2ccccc2[N+](=O)[O-])cc1Br. The lowest BCUT2D eigenvalue weighted by Crippen LogP contribution is -2.03. The van der Waals surface area contributed by atoms with Gasteiger partial charge in [0.05, 0.1) is 16.5 Å². The van der Waals surface area contributed by atoms with Gasteiger partial charge in [-0.15, -0.1) is 0 Å². The molecule has 2 rings (SSSR count). The van der Waals surface area contributed by atoms with Gasteiger partial charge in [-0.05, 0) is 34.1 Å². The molecule has 2 aromatic carbocycles. The summed E-state index contributed by atoms with van der Waals surface area (Å²) in [6.45, 7) is 0.385. The highest BCUT2D eigenvalue weighted by atomic mass is 79.9. The quantitative estimate of drug-likeness (QED) is 0.662. The molecule has 0 spiro atoms. The maximum absolute atomic E-state index is 10.9. The fourth-order valence-corrected chi connectivity index (χ4v) is 2.35. The Balaban J connectivity index is 2.13. The molecule has 2 aromatic rings. The Hall–Kier alpha value is -2.08. The lowest BCUT2D eigenvalue weighted by atomic mass is 10.2. The summed E-state index contributed by atoms with van der Waals surface area (Å²) in [6.07, 6.45) is 0. The molecule has 1 N–H and O–H groups in total. The summed E-state index contributed by atoms with van der Waals surface area (Å²) in [5.74, 6) is 0.737. The minimum atomic E-state index is -0.374. The van der Waals surface area contributed by atoms with Gasteiger partial charge in [0.15, 0.2) is 0 Å². The van der Waals surface area contributed by atoms with Crippen LogP contribution in [0.5, 0.6) is 5.75 Å². The average Bonchev–Trinajstić information content (AvgIpc) is 2.45. The first kappa shape index (κ1) is 14.3. The molecule has 0 saturated heterocycles. The molecule has 0 amide bonds. The van der Waals surface area contributed by atoms with Crippen LogP contribution in [0.2, 0.25) is 0 Å². The van der Waals surface area contributed by atoms with E-state index >= 15 is 0 Å². The van der Waals surface area contributed by atoms with Crippen molar-refractivity contribution in [3.05, 3.63) is 62.6 Å². The molecule has 0 aliphatic carbocycles. The number of nitro groups is 1. The lowest BCUT2D eigenvalue weighted by Gasteiger charge is -2.09. The summed E-state index contributed by atoms with van der Waals surface area (Å²) in [4.78, 5) is 10.6. The van der Waals surface area contributed by atoms with Crippen LogP contribution in [0, 0.1) is 10.1 Å². The molecule has 0 fully saturated rings. The smallest absolute Gasteiger partial charge is 0.274 e. The van der Waals surface area contributed by atoms with Crippen molar-refractivity contribution in [3.8, 4) is 5.75 Å². The zero-order chi connectivity index (χ0) is 14.5. The molecule has 0 unspecified atom stereocenters. The standard InChI is InChI=1S/C14H13BrN2O3/c1-20-14-7-6-11(8-12(14)15)16-9-10-4-2-3-5-13(10)17(18)19/h2-8,16H,9H2,1H3. The number of ether oxygens (including phenoxy) is 1. The van der Waals surface area contributed by atoms with Crippen LogP contribution in [-0.2, 0) is 6.54 Å². The summed E-state index contributed by atoms with van der Waals surface area (Å²) in [5, 5.41) is 14.1. The van der Waals surface area contributed by atoms with Crippen molar-refractivity contribution in [2.24, 2.45) is 0 Å². The Morgan fingerprint density at radius 1 is 1.30 bits per heavy atom. The number of halogens is 1. The number of methoxy groups -OCH3 is 1. The van der Waals surface area contributed by atoms with Gasteiger partial charge < -0.3 is 10.1 Å². The Morgan fingerprint density at radius 2 is 2.05 bits per heavy atom. The molecule has 0 aliphatic rings. The van der Waals surface area contributed by atoms with E-state index in [-0.39, 0.29) is 10.6 Å². The maximum atomic E-state index is 10.9. The Kier molecular flexibility index (Phi) is 4.57. The number of nitro benzene ring substituents is 1. The molecule has 0 aliphatic heterocycles. The molecule has 0 heterocycles. The van der Waals surface area contributed by atoms with Gasteiger partial charge in [-0.3, -0.25) is 10.1 Å². The first-order valence-corrected chi connectivity index (χ1v) is 6.71. The third-order valence-electron chi connectivity index (χ3n) is 2.82. The molecule has 20 heavy (non-hydrogen) atoms. The van der Waals surface area contributed by atoms with E-state index in [0.717, 1.165) is 15.9 Å². The van der Waals surface area contributed by atoms with Crippen molar-refractivity contribution in [1.82, 2.24) is 0 Å². The highest BCUT2D eigenvalue weighted by Gasteiger charge is 2.11. The van der Waals surface area contributed by atoms with Gasteiger partial charge in [-0.2, -0.15) is 0 Å². The van der Waals surface area contributed by atoms with E-state index in [9.17, 15) is 10.1 Å². The molecule has 0 atom stereocenters. The second-order valence-electron chi connectivity index (χ2n) is 4.09. The summed E-state index contributed by atoms with van der Waals surface area (Å²) in [6, 6.07) is 12.2. The van der Waals surface area contributed by atoms with E-state index < -0.39 is 0 Å². The predicted molar refractivity (Wildman–Crippen MR) is 81.1 cm³/mol. The van der Waals surface area contributed by atoms with Crippen LogP contribution < -0.4 is 10.1 Å². The second kappa shape index (κ2) is 6.38. The maximum Gasteiger partial charge on any atom is 0.274 e. The minimum Gasteiger partial charge on any atom is -0.496 e. The Morgan fingerprint density at radius 3 is 2.70 bits per heavy atom. The van der Waals surface area contributed by atoms with Gasteiger partial charge in [0.25, 0.3) is 5.69 Å². The number of hydrogen-bond acceptors (Lipinski definition) is 4. The van der Waals surface area contributed by atoms with Crippen molar-refractivity contribution < 1.29 is 9.66 Å². The van der Waals surface area contributed by atoms with Crippen LogP contribution in [0.3, 0.4) is 0 Å². The molecular formula is C14H13BrN2O3. The normalized spacial score (nSPS) is 10.1. The van der Waals surface area contributed by atoms with Crippen molar-refractivity contribution in [3.63, 3.8) is 0 Å². The molecule has 0 aromatic heterocycles. The van der Waals surface area contributed by atoms with Gasteiger partial charge in [0.2, 0.25) is 0 Å². The van der Waals surface area contributed by atoms with Crippen molar-refractivity contribution >= 4 is 27.3 Å². The van der Waals surface area contributed by atoms with E-state index in [1.54, 1.807) is 25.3 Å². The van der Waals surface area contributed by atoms with Crippen LogP contribution in [0.1, 0.15) is 5.56 Å². The van der Waals surface area contributed by atoms with Crippen LogP contribution in [0.4, 0.5) is 11.4 Å². The highest BCUT2D eigenvalue weighted by molar-refractivity contribution is 9.10. The first-order chi connectivity index (χ1) is 9.61. The molecule has 104 valence electrons. The third kappa shape index (κ3) is 3.27. The highest BCUT2D eigenvalue weighted by Crippen LogP contribution is 2.28. The van der Waals surface area contributed by atoms with Crippen molar-refractivity contribution in [1.29, 1.82) is 0 Å². The molecule has 0 radical (unpaired) electrons. The zero-order valence-electron chi connectivity index (χ0n) is 10.8. The van der Waals surface area contributed by atoms with Crippen molar-refractivity contribution in [2.45, 2.75) is 6.54 Å². The van der Waals surface area contributed by atoms with Gasteiger partial charge in [0, 0.05) is 23.9 Å². The summed E-state index contributed by atoms with van der Waals surface area (Å²) in [7, 11) is 1.60. The van der Waals surface area contributed by atoms with E-state index in [1.807, 2.05) is 18.2 Å². The molecular weight excluding hydrogens is 324 g/mol. The number of rotatable bonds is 5. The average molecular weight is 337 g/mol. The lowest BCUT2D eigenvalue weighted by molar-refractivity contribution is -0.385. The Labute approximate surface area is 124 Å². The van der Waals surface area contributed by atoms with E-state index in [4.69, 9.17) is 4.74 Å². The predicted octanol–water partition coefficient (Wildman–Crippen LogP) is 3.98. The van der Waals surface area contributed by atoms with Crippen LogP contribution in [-0.4, -0.2) is 12.0 Å². The number of benzene rings is 2. The number of nitrogens with zero attached hydrogens (tertiary/aromatic N) is 1. The fraction of sp³-hybridized carbons (Fsp3) is 0.143. The van der Waals surface area contributed by atoms with Crippen LogP contribution in [0.15, 0.2) is 46.9 Å². The fourth-order valence-electron chi connectivity index (χ4n) is 1.81. The topological polar surface area (TPSA) is 64.4 Å². The molecule has 5 nitrogen and oxygen atoms in total. The van der Waals surface area contributed by atoms with Gasteiger partial charge in [-0.1, -0.05) is 18.2 Å². The largest absolute Gasteiger partial charge is 0.496 e. The molecule has 6 heteroatoms. The van der Waals surface area contributed by atoms with Gasteiger partial charge in [-0.25, -0.2) is 0 Å². The number of hydrogen-bond donors (Lipinski definition) is 1. The zero-order valence-corrected chi connectivity index (χ0v) is 12.4. The number of para-hydroxylation sites is 1. The van der Waals surface area contributed by atoms with Crippen molar-refractivity contribution in [2.75, 3.05) is 12.4 Å². The summed E-state index contributed by atoms with van der Waals surface area (Å²) in [5.41, 5.74) is 1.62. The summed E-state index contributed by atoms with van der Waals surface area (Å²) >= 11 is 3.40. The monoisotopic (exact) mass is 336 g/mol. The van der Waals surface area contributed by atoms with Crippen LogP contribution >= 0.6 is 15.9 Å². The van der Waals surface area contributed by atoms with E-state index in [2.05, 4.69) is 21.2 Å². The molecule has 0 saturated carbocycles. The second-order valence-corrected chi connectivity index (χ2v) is 4.94.